The van der Waals surface area contributed by atoms with E-state index in [1.807, 2.05) is 21.1 Å². The smallest absolute Gasteiger partial charge is 0.457 e. The van der Waals surface area contributed by atoms with Crippen LogP contribution in [0.4, 0.5) is 0 Å². The van der Waals surface area contributed by atoms with Crippen LogP contribution in [0.2, 0.25) is 0 Å². The Morgan fingerprint density at radius 2 is 1.04 bits per heavy atom. The molecule has 0 amide bonds. The molecular formula is C44H83NO7P+. The van der Waals surface area contributed by atoms with Crippen LogP contribution in [0, 0.1) is 0 Å². The Hall–Kier alpha value is -1.54. The minimum absolute atomic E-state index is 0.0820. The van der Waals surface area contributed by atoms with Crippen molar-refractivity contribution in [1.29, 1.82) is 0 Å². The van der Waals surface area contributed by atoms with Crippen molar-refractivity contribution in [2.24, 2.45) is 0 Å². The minimum Gasteiger partial charge on any atom is -0.457 e. The summed E-state index contributed by atoms with van der Waals surface area (Å²) in [6.07, 6.45) is 44.2. The molecule has 8 nitrogen and oxygen atoms in total. The van der Waals surface area contributed by atoms with E-state index in [0.717, 1.165) is 70.6 Å². The molecule has 1 N–H and O–H groups in total. The predicted octanol–water partition coefficient (Wildman–Crippen LogP) is 12.4. The number of allylic oxidation sites excluding steroid dienone is 8. The second-order valence-electron chi connectivity index (χ2n) is 15.4. The molecule has 2 atom stereocenters. The molecule has 0 spiro atoms. The highest BCUT2D eigenvalue weighted by atomic mass is 31.2. The van der Waals surface area contributed by atoms with Crippen LogP contribution in [0.5, 0.6) is 0 Å². The summed E-state index contributed by atoms with van der Waals surface area (Å²) in [7, 11) is 1.64. The first-order valence-electron chi connectivity index (χ1n) is 21.4. The lowest BCUT2D eigenvalue weighted by molar-refractivity contribution is -0.870. The summed E-state index contributed by atoms with van der Waals surface area (Å²) in [5.74, 6) is -0.333. The molecule has 0 heterocycles. The first-order valence-corrected chi connectivity index (χ1v) is 22.9. The van der Waals surface area contributed by atoms with Gasteiger partial charge < -0.3 is 18.9 Å². The molecule has 0 saturated heterocycles. The summed E-state index contributed by atoms with van der Waals surface area (Å²) >= 11 is 0. The molecule has 9 heteroatoms. The van der Waals surface area contributed by atoms with E-state index < -0.39 is 13.9 Å². The van der Waals surface area contributed by atoms with Gasteiger partial charge in [-0.15, -0.1) is 0 Å². The fourth-order valence-corrected chi connectivity index (χ4v) is 6.24. The van der Waals surface area contributed by atoms with E-state index in [4.69, 9.17) is 18.5 Å². The van der Waals surface area contributed by atoms with E-state index in [0.29, 0.717) is 24.1 Å². The fraction of sp³-hybridized carbons (Fsp3) is 0.795. The summed E-state index contributed by atoms with van der Waals surface area (Å²) in [5.41, 5.74) is 0. The van der Waals surface area contributed by atoms with Gasteiger partial charge in [0.1, 0.15) is 19.3 Å². The molecule has 0 bridgehead atoms. The van der Waals surface area contributed by atoms with E-state index in [9.17, 15) is 14.3 Å². The number of hydrogen-bond acceptors (Lipinski definition) is 6. The van der Waals surface area contributed by atoms with Crippen molar-refractivity contribution in [3.05, 3.63) is 48.6 Å². The van der Waals surface area contributed by atoms with Crippen LogP contribution < -0.4 is 0 Å². The number of hydrogen-bond donors (Lipinski definition) is 1. The maximum Gasteiger partial charge on any atom is 0.472 e. The van der Waals surface area contributed by atoms with Crippen molar-refractivity contribution in [2.75, 3.05) is 54.1 Å². The number of quaternary nitrogens is 1. The predicted molar refractivity (Wildman–Crippen MR) is 224 cm³/mol. The van der Waals surface area contributed by atoms with Gasteiger partial charge in [0.2, 0.25) is 0 Å². The first kappa shape index (κ1) is 51.5. The van der Waals surface area contributed by atoms with Gasteiger partial charge in [-0.2, -0.15) is 0 Å². The summed E-state index contributed by atoms with van der Waals surface area (Å²) in [6.45, 7) is 5.52. The second-order valence-corrected chi connectivity index (χ2v) is 16.8. The van der Waals surface area contributed by atoms with Gasteiger partial charge in [0.25, 0.3) is 0 Å². The van der Waals surface area contributed by atoms with Gasteiger partial charge in [-0.25, -0.2) is 4.57 Å². The zero-order valence-electron chi connectivity index (χ0n) is 35.0. The summed E-state index contributed by atoms with van der Waals surface area (Å²) in [6, 6.07) is 0. The number of unbranched alkanes of at least 4 members (excludes halogenated alkanes) is 17. The van der Waals surface area contributed by atoms with Crippen LogP contribution in [0.25, 0.3) is 0 Å². The third-order valence-corrected chi connectivity index (χ3v) is 9.85. The Morgan fingerprint density at radius 3 is 1.53 bits per heavy atom. The van der Waals surface area contributed by atoms with Crippen LogP contribution in [0.1, 0.15) is 168 Å². The van der Waals surface area contributed by atoms with E-state index in [1.54, 1.807) is 0 Å². The summed E-state index contributed by atoms with van der Waals surface area (Å²) < 4.78 is 34.9. The summed E-state index contributed by atoms with van der Waals surface area (Å²) in [4.78, 5) is 22.8. The highest BCUT2D eigenvalue weighted by molar-refractivity contribution is 7.47. The highest BCUT2D eigenvalue weighted by Crippen LogP contribution is 2.43. The third-order valence-electron chi connectivity index (χ3n) is 8.86. The lowest BCUT2D eigenvalue weighted by Gasteiger charge is -2.24. The van der Waals surface area contributed by atoms with Gasteiger partial charge in [-0.05, 0) is 77.0 Å². The van der Waals surface area contributed by atoms with Crippen molar-refractivity contribution in [1.82, 2.24) is 0 Å². The molecule has 0 aromatic rings. The topological polar surface area (TPSA) is 91.3 Å². The van der Waals surface area contributed by atoms with Gasteiger partial charge >= 0.3 is 13.8 Å². The Balaban J connectivity index is 4.31. The second kappa shape index (κ2) is 37.4. The van der Waals surface area contributed by atoms with Gasteiger partial charge in [0.15, 0.2) is 0 Å². The molecule has 0 saturated carbocycles. The van der Waals surface area contributed by atoms with Gasteiger partial charge in [0.05, 0.1) is 34.4 Å². The highest BCUT2D eigenvalue weighted by Gasteiger charge is 2.26. The molecule has 0 aliphatic rings. The maximum absolute atomic E-state index is 12.7. The third kappa shape index (κ3) is 41.5. The number of carbonyl (C=O) groups excluding carboxylic acids is 1. The monoisotopic (exact) mass is 769 g/mol. The fourth-order valence-electron chi connectivity index (χ4n) is 5.49. The average Bonchev–Trinajstić information content (AvgIpc) is 3.11. The van der Waals surface area contributed by atoms with Crippen molar-refractivity contribution in [2.45, 2.75) is 174 Å². The SMILES string of the molecule is CCCCC/C=C\C/C=C\CCCCCCCCOCC(COP(=O)(O)OCC[N+](C)(C)C)OC(=O)CCCCCCC/C=C\C/C=C\CCCCC. The first-order chi connectivity index (χ1) is 25.6. The number of phosphoric acid groups is 1. The molecule has 0 fully saturated rings. The molecule has 310 valence electrons. The molecule has 0 aliphatic heterocycles. The number of likely N-dealkylation sites (N-methyl/N-ethyl adjacent to an activating group) is 1. The van der Waals surface area contributed by atoms with E-state index >= 15 is 0 Å². The largest absolute Gasteiger partial charge is 0.472 e. The van der Waals surface area contributed by atoms with E-state index in [-0.39, 0.29) is 25.8 Å². The van der Waals surface area contributed by atoms with Crippen molar-refractivity contribution < 1.29 is 37.3 Å². The van der Waals surface area contributed by atoms with E-state index in [1.165, 1.54) is 77.0 Å². The van der Waals surface area contributed by atoms with Gasteiger partial charge in [-0.3, -0.25) is 13.8 Å². The lowest BCUT2D eigenvalue weighted by Crippen LogP contribution is -2.37. The van der Waals surface area contributed by atoms with Crippen molar-refractivity contribution >= 4 is 13.8 Å². The van der Waals surface area contributed by atoms with Crippen LogP contribution in [0.15, 0.2) is 48.6 Å². The quantitative estimate of drug-likeness (QED) is 0.0219. The van der Waals surface area contributed by atoms with Crippen molar-refractivity contribution in [3.8, 4) is 0 Å². The Kier molecular flexibility index (Phi) is 36.3. The lowest BCUT2D eigenvalue weighted by atomic mass is 10.1. The Labute approximate surface area is 327 Å². The number of rotatable bonds is 39. The molecule has 0 aromatic heterocycles. The average molecular weight is 769 g/mol. The van der Waals surface area contributed by atoms with Gasteiger partial charge in [0, 0.05) is 13.0 Å². The van der Waals surface area contributed by atoms with Crippen molar-refractivity contribution in [3.63, 3.8) is 0 Å². The number of nitrogens with zero attached hydrogens (tertiary/aromatic N) is 1. The minimum atomic E-state index is -4.28. The molecule has 0 radical (unpaired) electrons. The van der Waals surface area contributed by atoms with Crippen LogP contribution in [-0.2, 0) is 27.9 Å². The zero-order chi connectivity index (χ0) is 39.1. The van der Waals surface area contributed by atoms with Crippen LogP contribution in [0.3, 0.4) is 0 Å². The molecule has 53 heavy (non-hydrogen) atoms. The zero-order valence-corrected chi connectivity index (χ0v) is 35.9. The molecule has 0 rings (SSSR count). The molecule has 0 aromatic carbocycles. The van der Waals surface area contributed by atoms with E-state index in [2.05, 4.69) is 62.5 Å². The number of esters is 1. The molecule has 2 unspecified atom stereocenters. The molecular weight excluding hydrogens is 685 g/mol. The van der Waals surface area contributed by atoms with Crippen LogP contribution >= 0.6 is 7.82 Å². The maximum atomic E-state index is 12.7. The van der Waals surface area contributed by atoms with Gasteiger partial charge in [-0.1, -0.05) is 133 Å². The number of ether oxygens (including phenoxy) is 2. The van der Waals surface area contributed by atoms with Crippen LogP contribution in [-0.4, -0.2) is 75.6 Å². The normalized spacial score (nSPS) is 14.3. The Morgan fingerprint density at radius 1 is 0.585 bits per heavy atom. The summed E-state index contributed by atoms with van der Waals surface area (Å²) in [5, 5.41) is 0. The standard InChI is InChI=1S/C44H82NO7P/c1-6-8-10-12-14-16-18-20-22-24-26-28-30-32-34-36-39-49-41-43(42-51-53(47,48)50-40-38-45(3,4)5)52-44(46)37-35-33-31-29-27-25-23-21-19-17-15-13-11-9-7-2/h14-17,20-23,43H,6-13,18-19,24-42H2,1-5H3/p+1/b16-14-,17-15-,22-20-,23-21-. The number of carbonyl (C=O) groups is 1. The number of phosphoric ester groups is 1. The molecule has 0 aliphatic carbocycles. The Bertz CT molecular complexity index is 989.